The van der Waals surface area contributed by atoms with Crippen molar-refractivity contribution in [2.45, 2.75) is 40.7 Å². The van der Waals surface area contributed by atoms with Crippen molar-refractivity contribution in [1.82, 2.24) is 10.3 Å². The summed E-state index contributed by atoms with van der Waals surface area (Å²) < 4.78 is 0. The molecule has 1 aromatic rings. The van der Waals surface area contributed by atoms with Crippen LogP contribution in [0, 0.1) is 26.2 Å². The minimum absolute atomic E-state index is 0.614. The molecular formula is C16H25N3. The lowest BCUT2D eigenvalue weighted by Crippen LogP contribution is -2.28. The fraction of sp³-hybridized carbons (Fsp3) is 0.562. The molecule has 3 nitrogen and oxygen atoms in total. The Labute approximate surface area is 117 Å². The monoisotopic (exact) mass is 259 g/mol. The number of pyridine rings is 1. The molecule has 0 saturated heterocycles. The second-order valence-electron chi connectivity index (χ2n) is 4.79. The summed E-state index contributed by atoms with van der Waals surface area (Å²) in [6, 6.07) is 2.14. The summed E-state index contributed by atoms with van der Waals surface area (Å²) in [5, 5.41) is 3.39. The van der Waals surface area contributed by atoms with Gasteiger partial charge in [-0.3, -0.25) is 0 Å². The van der Waals surface area contributed by atoms with Gasteiger partial charge >= 0.3 is 0 Å². The maximum Gasteiger partial charge on any atom is 0.134 e. The van der Waals surface area contributed by atoms with E-state index < -0.39 is 0 Å². The van der Waals surface area contributed by atoms with Crippen molar-refractivity contribution in [3.8, 4) is 12.3 Å². The Morgan fingerprint density at radius 2 is 2.11 bits per heavy atom. The van der Waals surface area contributed by atoms with Gasteiger partial charge in [0.15, 0.2) is 0 Å². The molecule has 0 radical (unpaired) electrons. The molecule has 0 aliphatic heterocycles. The fourth-order valence-corrected chi connectivity index (χ4v) is 2.21. The van der Waals surface area contributed by atoms with Gasteiger partial charge in [0, 0.05) is 24.3 Å². The van der Waals surface area contributed by atoms with Gasteiger partial charge in [0.25, 0.3) is 0 Å². The van der Waals surface area contributed by atoms with Crippen molar-refractivity contribution in [1.29, 1.82) is 0 Å². The summed E-state index contributed by atoms with van der Waals surface area (Å²) in [4.78, 5) is 6.92. The van der Waals surface area contributed by atoms with Crippen LogP contribution in [0.2, 0.25) is 0 Å². The third-order valence-electron chi connectivity index (χ3n) is 3.08. The number of hydrogen-bond donors (Lipinski definition) is 1. The van der Waals surface area contributed by atoms with E-state index in [1.54, 1.807) is 0 Å². The summed E-state index contributed by atoms with van der Waals surface area (Å²) >= 11 is 0. The van der Waals surface area contributed by atoms with E-state index >= 15 is 0 Å². The van der Waals surface area contributed by atoms with Crippen LogP contribution in [0.15, 0.2) is 6.07 Å². The van der Waals surface area contributed by atoms with Crippen molar-refractivity contribution in [3.63, 3.8) is 0 Å². The normalized spacial score (nSPS) is 10.3. The lowest BCUT2D eigenvalue weighted by molar-refractivity contribution is 0.710. The van der Waals surface area contributed by atoms with Gasteiger partial charge in [-0.1, -0.05) is 19.8 Å². The molecule has 1 heterocycles. The largest absolute Gasteiger partial charge is 0.345 e. The summed E-state index contributed by atoms with van der Waals surface area (Å²) in [6.45, 7) is 11.8. The quantitative estimate of drug-likeness (QED) is 0.763. The number of hydrogen-bond acceptors (Lipinski definition) is 3. The van der Waals surface area contributed by atoms with Crippen LogP contribution >= 0.6 is 0 Å². The minimum Gasteiger partial charge on any atom is -0.345 e. The van der Waals surface area contributed by atoms with Gasteiger partial charge in [-0.25, -0.2) is 4.98 Å². The highest BCUT2D eigenvalue weighted by Gasteiger charge is 2.14. The molecule has 0 aliphatic rings. The number of nitrogens with zero attached hydrogens (tertiary/aromatic N) is 2. The number of aryl methyl sites for hydroxylation is 2. The molecule has 0 fully saturated rings. The first-order valence-electron chi connectivity index (χ1n) is 7.00. The van der Waals surface area contributed by atoms with Gasteiger partial charge in [-0.05, 0) is 38.4 Å². The zero-order valence-electron chi connectivity index (χ0n) is 12.6. The summed E-state index contributed by atoms with van der Waals surface area (Å²) in [7, 11) is 0. The zero-order chi connectivity index (χ0) is 14.3. The average molecular weight is 259 g/mol. The molecule has 0 aliphatic carbocycles. The molecular weight excluding hydrogens is 234 g/mol. The van der Waals surface area contributed by atoms with E-state index in [1.807, 2.05) is 6.92 Å². The van der Waals surface area contributed by atoms with E-state index in [1.165, 1.54) is 11.1 Å². The fourth-order valence-electron chi connectivity index (χ4n) is 2.21. The van der Waals surface area contributed by atoms with Gasteiger partial charge in [-0.2, -0.15) is 0 Å². The van der Waals surface area contributed by atoms with E-state index in [2.05, 4.69) is 43.0 Å². The number of rotatable bonds is 7. The molecule has 19 heavy (non-hydrogen) atoms. The van der Waals surface area contributed by atoms with Crippen molar-refractivity contribution in [2.75, 3.05) is 24.5 Å². The van der Waals surface area contributed by atoms with E-state index in [4.69, 9.17) is 11.4 Å². The molecule has 0 spiro atoms. The average Bonchev–Trinajstić information content (AvgIpc) is 2.37. The number of anilines is 1. The number of nitrogens with one attached hydrogen (secondary N) is 1. The molecule has 0 saturated carbocycles. The summed E-state index contributed by atoms with van der Waals surface area (Å²) in [5.41, 5.74) is 3.59. The second kappa shape index (κ2) is 7.81. The van der Waals surface area contributed by atoms with Crippen LogP contribution in [-0.4, -0.2) is 24.6 Å². The summed E-state index contributed by atoms with van der Waals surface area (Å²) in [5.74, 6) is 3.78. The highest BCUT2D eigenvalue weighted by atomic mass is 15.2. The van der Waals surface area contributed by atoms with Crippen molar-refractivity contribution in [3.05, 3.63) is 22.9 Å². The highest BCUT2D eigenvalue weighted by Crippen LogP contribution is 2.22. The number of aromatic nitrogens is 1. The van der Waals surface area contributed by atoms with E-state index in [0.717, 1.165) is 37.6 Å². The van der Waals surface area contributed by atoms with Gasteiger partial charge < -0.3 is 10.2 Å². The lowest BCUT2D eigenvalue weighted by atomic mass is 10.1. The predicted molar refractivity (Wildman–Crippen MR) is 82.4 cm³/mol. The van der Waals surface area contributed by atoms with Crippen molar-refractivity contribution < 1.29 is 0 Å². The minimum atomic E-state index is 0.614. The smallest absolute Gasteiger partial charge is 0.134 e. The zero-order valence-corrected chi connectivity index (χ0v) is 12.6. The van der Waals surface area contributed by atoms with Crippen molar-refractivity contribution in [2.24, 2.45) is 0 Å². The second-order valence-corrected chi connectivity index (χ2v) is 4.79. The molecule has 0 amide bonds. The Hall–Kier alpha value is -1.53. The topological polar surface area (TPSA) is 28.2 Å². The Kier molecular flexibility index (Phi) is 6.38. The molecule has 3 heteroatoms. The van der Waals surface area contributed by atoms with Crippen LogP contribution < -0.4 is 10.2 Å². The Balaban J connectivity index is 3.16. The van der Waals surface area contributed by atoms with Crippen LogP contribution in [0.1, 0.15) is 37.1 Å². The lowest BCUT2D eigenvalue weighted by Gasteiger charge is -2.25. The van der Waals surface area contributed by atoms with Gasteiger partial charge in [-0.15, -0.1) is 6.42 Å². The standard InChI is InChI=1S/C16H25N3/c1-6-9-19(10-7-2)16-15(12-17-8-3)13(4)11-14(5)18-16/h1,11,17H,7-10,12H2,2-5H3. The highest BCUT2D eigenvalue weighted by molar-refractivity contribution is 5.52. The Morgan fingerprint density at radius 3 is 2.68 bits per heavy atom. The van der Waals surface area contributed by atoms with Gasteiger partial charge in [0.2, 0.25) is 0 Å². The van der Waals surface area contributed by atoms with Crippen LogP contribution in [-0.2, 0) is 6.54 Å². The van der Waals surface area contributed by atoms with Crippen LogP contribution in [0.25, 0.3) is 0 Å². The number of terminal acetylenes is 1. The SMILES string of the molecule is C#CCN(CCC)c1nc(C)cc(C)c1CNCC. The molecule has 1 rings (SSSR count). The molecule has 1 aromatic heterocycles. The molecule has 0 bridgehead atoms. The van der Waals surface area contributed by atoms with Crippen LogP contribution in [0.4, 0.5) is 5.82 Å². The Bertz CT molecular complexity index is 446. The molecule has 0 unspecified atom stereocenters. The Morgan fingerprint density at radius 1 is 1.37 bits per heavy atom. The predicted octanol–water partition coefficient (Wildman–Crippen LogP) is 2.66. The maximum atomic E-state index is 5.49. The van der Waals surface area contributed by atoms with E-state index in [0.29, 0.717) is 6.54 Å². The molecule has 1 N–H and O–H groups in total. The first-order valence-corrected chi connectivity index (χ1v) is 7.00. The van der Waals surface area contributed by atoms with Crippen LogP contribution in [0.3, 0.4) is 0 Å². The van der Waals surface area contributed by atoms with Crippen LogP contribution in [0.5, 0.6) is 0 Å². The third kappa shape index (κ3) is 4.25. The molecule has 0 aromatic carbocycles. The van der Waals surface area contributed by atoms with Gasteiger partial charge in [0.1, 0.15) is 5.82 Å². The van der Waals surface area contributed by atoms with Crippen molar-refractivity contribution >= 4 is 5.82 Å². The van der Waals surface area contributed by atoms with E-state index in [9.17, 15) is 0 Å². The summed E-state index contributed by atoms with van der Waals surface area (Å²) in [6.07, 6.45) is 6.55. The molecule has 0 atom stereocenters. The maximum absolute atomic E-state index is 5.49. The van der Waals surface area contributed by atoms with E-state index in [-0.39, 0.29) is 0 Å². The first kappa shape index (κ1) is 15.5. The van der Waals surface area contributed by atoms with Gasteiger partial charge in [0.05, 0.1) is 6.54 Å². The first-order chi connectivity index (χ1) is 9.13. The molecule has 104 valence electrons. The third-order valence-corrected chi connectivity index (χ3v) is 3.08.